The van der Waals surface area contributed by atoms with E-state index >= 15 is 0 Å². The van der Waals surface area contributed by atoms with Crippen molar-refractivity contribution >= 4 is 16.3 Å². The van der Waals surface area contributed by atoms with Gasteiger partial charge in [-0.25, -0.2) is 9.52 Å². The van der Waals surface area contributed by atoms with E-state index in [1.54, 1.807) is 4.72 Å². The van der Waals surface area contributed by atoms with Gasteiger partial charge in [-0.15, -0.1) is 0 Å². The molecule has 8 heteroatoms. The predicted octanol–water partition coefficient (Wildman–Crippen LogP) is -1.30. The van der Waals surface area contributed by atoms with Crippen LogP contribution in [0.15, 0.2) is 0 Å². The molecule has 0 bridgehead atoms. The van der Waals surface area contributed by atoms with E-state index in [-0.39, 0.29) is 0 Å². The number of carbonyl (C=O) groups is 1. The van der Waals surface area contributed by atoms with Crippen LogP contribution in [0.1, 0.15) is 0 Å². The summed E-state index contributed by atoms with van der Waals surface area (Å²) in [6.45, 7) is -0.410. The third-order valence-corrected chi connectivity index (χ3v) is 1.70. The largest absolute Gasteiger partial charge is 0.452 e. The van der Waals surface area contributed by atoms with Gasteiger partial charge in [0.25, 0.3) is 0 Å². The molecular formula is C4H7N3O4S. The smallest absolute Gasteiger partial charge is 0.421 e. The number of hydrogen-bond donors (Lipinski definition) is 2. The molecule has 68 valence electrons. The van der Waals surface area contributed by atoms with Gasteiger partial charge in [-0.05, 0) is 0 Å². The third kappa shape index (κ3) is 4.48. The maximum absolute atomic E-state index is 10.7. The number of amides is 1. The van der Waals surface area contributed by atoms with Gasteiger partial charge in [0.05, 0.1) is 19.7 Å². The third-order valence-electron chi connectivity index (χ3n) is 0.744. The van der Waals surface area contributed by atoms with Crippen molar-refractivity contribution in [1.29, 1.82) is 5.26 Å². The molecule has 0 aliphatic heterocycles. The minimum absolute atomic E-state index is 0.410. The molecular weight excluding hydrogens is 186 g/mol. The molecule has 0 saturated carbocycles. The first-order valence-corrected chi connectivity index (χ1v) is 4.22. The summed E-state index contributed by atoms with van der Waals surface area (Å²) in [6, 6.07) is 1.53. The number of hydrogen-bond acceptors (Lipinski definition) is 5. The monoisotopic (exact) mass is 193 g/mol. The lowest BCUT2D eigenvalue weighted by Crippen LogP contribution is -2.40. The quantitative estimate of drug-likeness (QED) is 0.541. The predicted molar refractivity (Wildman–Crippen MR) is 38.1 cm³/mol. The summed E-state index contributed by atoms with van der Waals surface area (Å²) < 4.78 is 28.6. The van der Waals surface area contributed by atoms with Crippen LogP contribution in [-0.4, -0.2) is 28.2 Å². The maximum atomic E-state index is 10.7. The second-order valence-corrected chi connectivity index (χ2v) is 3.08. The Bertz CT molecular complexity index is 290. The average Bonchev–Trinajstić information content (AvgIpc) is 2.00. The Kier molecular flexibility index (Phi) is 4.03. The molecule has 0 saturated heterocycles. The Morgan fingerprint density at radius 3 is 2.67 bits per heavy atom. The van der Waals surface area contributed by atoms with Crippen molar-refractivity contribution in [2.75, 3.05) is 13.7 Å². The SMILES string of the molecule is COC(=O)NS(=O)(=O)NCC#N. The zero-order valence-corrected chi connectivity index (χ0v) is 7.01. The first kappa shape index (κ1) is 10.7. The molecule has 0 aromatic rings. The van der Waals surface area contributed by atoms with Gasteiger partial charge in [0.2, 0.25) is 0 Å². The molecule has 0 spiro atoms. The zero-order chi connectivity index (χ0) is 9.61. The fraction of sp³-hybridized carbons (Fsp3) is 0.500. The van der Waals surface area contributed by atoms with Crippen LogP contribution in [0.25, 0.3) is 0 Å². The van der Waals surface area contributed by atoms with Crippen LogP contribution >= 0.6 is 0 Å². The fourth-order valence-corrected chi connectivity index (χ4v) is 0.944. The summed E-state index contributed by atoms with van der Waals surface area (Å²) in [6.07, 6.45) is -1.11. The second-order valence-electron chi connectivity index (χ2n) is 1.58. The van der Waals surface area contributed by atoms with Crippen LogP contribution in [0.5, 0.6) is 0 Å². The number of methoxy groups -OCH3 is 1. The highest BCUT2D eigenvalue weighted by Gasteiger charge is 2.12. The Hall–Kier alpha value is -1.33. The molecule has 0 radical (unpaired) electrons. The number of nitrogens with one attached hydrogen (secondary N) is 2. The van der Waals surface area contributed by atoms with Crippen LogP contribution in [0.2, 0.25) is 0 Å². The lowest BCUT2D eigenvalue weighted by atomic mass is 10.8. The number of nitrogens with zero attached hydrogens (tertiary/aromatic N) is 1. The molecule has 0 heterocycles. The van der Waals surface area contributed by atoms with Gasteiger partial charge in [0, 0.05) is 0 Å². The number of ether oxygens (including phenoxy) is 1. The highest BCUT2D eigenvalue weighted by Crippen LogP contribution is 1.78. The summed E-state index contributed by atoms with van der Waals surface area (Å²) >= 11 is 0. The second kappa shape index (κ2) is 4.53. The number of carbonyl (C=O) groups excluding carboxylic acids is 1. The lowest BCUT2D eigenvalue weighted by molar-refractivity contribution is 0.177. The van der Waals surface area contributed by atoms with Crippen LogP contribution in [0, 0.1) is 11.3 Å². The Balaban J connectivity index is 4.07. The van der Waals surface area contributed by atoms with Gasteiger partial charge in [-0.3, -0.25) is 0 Å². The van der Waals surface area contributed by atoms with E-state index < -0.39 is 22.8 Å². The van der Waals surface area contributed by atoms with Gasteiger partial charge in [0.15, 0.2) is 0 Å². The number of nitriles is 1. The van der Waals surface area contributed by atoms with Crippen LogP contribution in [-0.2, 0) is 14.9 Å². The molecule has 0 aliphatic carbocycles. The molecule has 0 aromatic heterocycles. The molecule has 0 aliphatic rings. The molecule has 2 N–H and O–H groups in total. The summed E-state index contributed by atoms with van der Waals surface area (Å²) in [5.74, 6) is 0. The van der Waals surface area contributed by atoms with Crippen LogP contribution in [0.3, 0.4) is 0 Å². The molecule has 0 aromatic carbocycles. The zero-order valence-electron chi connectivity index (χ0n) is 6.20. The summed E-state index contributed by atoms with van der Waals surface area (Å²) in [7, 11) is -2.93. The minimum atomic E-state index is -3.95. The summed E-state index contributed by atoms with van der Waals surface area (Å²) in [5.41, 5.74) is 0. The number of rotatable bonds is 3. The average molecular weight is 193 g/mol. The Morgan fingerprint density at radius 2 is 2.25 bits per heavy atom. The van der Waals surface area contributed by atoms with Crippen molar-refractivity contribution in [1.82, 2.24) is 9.44 Å². The van der Waals surface area contributed by atoms with Crippen molar-refractivity contribution in [3.05, 3.63) is 0 Å². The maximum Gasteiger partial charge on any atom is 0.421 e. The van der Waals surface area contributed by atoms with E-state index in [1.165, 1.54) is 10.8 Å². The van der Waals surface area contributed by atoms with Gasteiger partial charge in [0.1, 0.15) is 0 Å². The topological polar surface area (TPSA) is 108 Å². The fourth-order valence-electron chi connectivity index (χ4n) is 0.315. The summed E-state index contributed by atoms with van der Waals surface area (Å²) in [4.78, 5) is 10.4. The first-order chi connectivity index (χ1) is 5.52. The van der Waals surface area contributed by atoms with E-state index in [2.05, 4.69) is 4.74 Å². The first-order valence-electron chi connectivity index (χ1n) is 2.74. The van der Waals surface area contributed by atoms with Crippen molar-refractivity contribution in [3.63, 3.8) is 0 Å². The van der Waals surface area contributed by atoms with Gasteiger partial charge >= 0.3 is 16.3 Å². The van der Waals surface area contributed by atoms with E-state index in [0.29, 0.717) is 0 Å². The van der Waals surface area contributed by atoms with Gasteiger partial charge < -0.3 is 4.74 Å². The van der Waals surface area contributed by atoms with Crippen molar-refractivity contribution in [2.45, 2.75) is 0 Å². The molecule has 0 fully saturated rings. The van der Waals surface area contributed by atoms with Gasteiger partial charge in [-0.2, -0.15) is 18.4 Å². The Morgan fingerprint density at radius 1 is 1.67 bits per heavy atom. The van der Waals surface area contributed by atoms with Crippen molar-refractivity contribution in [2.24, 2.45) is 0 Å². The molecule has 0 unspecified atom stereocenters. The molecule has 1 amide bonds. The molecule has 0 atom stereocenters. The normalized spacial score (nSPS) is 10.0. The van der Waals surface area contributed by atoms with Crippen molar-refractivity contribution < 1.29 is 17.9 Å². The highest BCUT2D eigenvalue weighted by molar-refractivity contribution is 7.88. The minimum Gasteiger partial charge on any atom is -0.452 e. The molecule has 0 rings (SSSR count). The highest BCUT2D eigenvalue weighted by atomic mass is 32.2. The lowest BCUT2D eigenvalue weighted by Gasteiger charge is -2.03. The van der Waals surface area contributed by atoms with E-state index in [9.17, 15) is 13.2 Å². The van der Waals surface area contributed by atoms with Gasteiger partial charge in [-0.1, -0.05) is 0 Å². The molecule has 7 nitrogen and oxygen atoms in total. The molecule has 12 heavy (non-hydrogen) atoms. The van der Waals surface area contributed by atoms with Crippen LogP contribution in [0.4, 0.5) is 4.79 Å². The van der Waals surface area contributed by atoms with E-state index in [1.807, 2.05) is 0 Å². The standard InChI is InChI=1S/C4H7N3O4S/c1-11-4(8)7-12(9,10)6-3-2-5/h6H,3H2,1H3,(H,7,8). The van der Waals surface area contributed by atoms with E-state index in [4.69, 9.17) is 5.26 Å². The summed E-state index contributed by atoms with van der Waals surface area (Å²) in [5, 5.41) is 8.00. The van der Waals surface area contributed by atoms with E-state index in [0.717, 1.165) is 7.11 Å². The van der Waals surface area contributed by atoms with Crippen molar-refractivity contribution in [3.8, 4) is 6.07 Å². The van der Waals surface area contributed by atoms with Crippen LogP contribution < -0.4 is 9.44 Å². The Labute approximate surface area is 69.5 Å².